The van der Waals surface area contributed by atoms with Gasteiger partial charge in [-0.2, -0.15) is 9.78 Å². The first-order valence-electron chi connectivity index (χ1n) is 16.9. The number of amides is 2. The summed E-state index contributed by atoms with van der Waals surface area (Å²) in [6, 6.07) is 27.4. The Morgan fingerprint density at radius 3 is 2.39 bits per heavy atom. The van der Waals surface area contributed by atoms with Gasteiger partial charge in [0.15, 0.2) is 11.6 Å². The van der Waals surface area contributed by atoms with Crippen molar-refractivity contribution < 1.29 is 9.59 Å². The number of carbonyl (C=O) groups is 2. The minimum absolute atomic E-state index is 0.0443. The minimum atomic E-state index is -0.795. The van der Waals surface area contributed by atoms with Crippen molar-refractivity contribution in [3.05, 3.63) is 109 Å². The molecule has 3 aromatic carbocycles. The zero-order valence-electron chi connectivity index (χ0n) is 27.6. The molecule has 5 heterocycles. The maximum Gasteiger partial charge on any atom is 0.251 e. The molecule has 1 fully saturated rings. The molecule has 2 amide bonds. The van der Waals surface area contributed by atoms with E-state index in [2.05, 4.69) is 28.9 Å². The summed E-state index contributed by atoms with van der Waals surface area (Å²) in [5.74, 6) is 0.822. The predicted molar refractivity (Wildman–Crippen MR) is 186 cm³/mol. The van der Waals surface area contributed by atoms with Crippen molar-refractivity contribution in [2.45, 2.75) is 51.5 Å². The molecular formula is C38H37N9O2. The Labute approximate surface area is 284 Å². The number of piperidine rings is 1. The highest BCUT2D eigenvalue weighted by Gasteiger charge is 2.40. The number of para-hydroxylation sites is 3. The molecule has 0 aliphatic carbocycles. The third kappa shape index (κ3) is 5.44. The Bertz CT molecular complexity index is 2140. The van der Waals surface area contributed by atoms with Crippen molar-refractivity contribution in [1.82, 2.24) is 39.4 Å². The van der Waals surface area contributed by atoms with Crippen LogP contribution in [0.3, 0.4) is 0 Å². The highest BCUT2D eigenvalue weighted by atomic mass is 16.2. The van der Waals surface area contributed by atoms with Crippen LogP contribution in [0.5, 0.6) is 0 Å². The van der Waals surface area contributed by atoms with Crippen molar-refractivity contribution in [2.75, 3.05) is 18.0 Å². The maximum atomic E-state index is 15.1. The molecule has 2 aliphatic heterocycles. The van der Waals surface area contributed by atoms with Gasteiger partial charge in [0.05, 0.1) is 22.6 Å². The fourth-order valence-corrected chi connectivity index (χ4v) is 7.39. The average Bonchev–Trinajstić information content (AvgIpc) is 3.73. The van der Waals surface area contributed by atoms with Gasteiger partial charge in [0.2, 0.25) is 11.8 Å². The molecule has 2 aliphatic rings. The van der Waals surface area contributed by atoms with E-state index in [9.17, 15) is 4.79 Å². The summed E-state index contributed by atoms with van der Waals surface area (Å²) in [7, 11) is 0. The van der Waals surface area contributed by atoms with E-state index in [1.54, 1.807) is 28.0 Å². The van der Waals surface area contributed by atoms with E-state index in [1.807, 2.05) is 88.3 Å². The highest BCUT2D eigenvalue weighted by Crippen LogP contribution is 2.39. The number of rotatable bonds is 7. The predicted octanol–water partition coefficient (Wildman–Crippen LogP) is 5.77. The number of benzene rings is 3. The number of aromatic nitrogens is 7. The number of carbonyl (C=O) groups excluding carboxylic acids is 2. The Morgan fingerprint density at radius 1 is 0.857 bits per heavy atom. The summed E-state index contributed by atoms with van der Waals surface area (Å²) in [5.41, 5.74) is 3.79. The van der Waals surface area contributed by atoms with E-state index in [-0.39, 0.29) is 30.8 Å². The molecule has 1 saturated heterocycles. The van der Waals surface area contributed by atoms with Crippen LogP contribution in [0, 0.1) is 5.92 Å². The third-order valence-corrected chi connectivity index (χ3v) is 9.74. The molecule has 11 nitrogen and oxygen atoms in total. The van der Waals surface area contributed by atoms with Gasteiger partial charge in [-0.3, -0.25) is 14.2 Å². The van der Waals surface area contributed by atoms with Gasteiger partial charge in [0, 0.05) is 42.4 Å². The largest absolute Gasteiger partial charge is 0.338 e. The summed E-state index contributed by atoms with van der Waals surface area (Å²) in [6.07, 6.45) is 6.62. The van der Waals surface area contributed by atoms with Crippen molar-refractivity contribution in [1.29, 1.82) is 0 Å². The summed E-state index contributed by atoms with van der Waals surface area (Å²) in [4.78, 5) is 41.8. The first-order valence-corrected chi connectivity index (χ1v) is 16.9. The molecule has 0 bridgehead atoms. The average molecular weight is 652 g/mol. The van der Waals surface area contributed by atoms with Gasteiger partial charge in [-0.25, -0.2) is 9.97 Å². The van der Waals surface area contributed by atoms with E-state index in [1.165, 1.54) is 0 Å². The Balaban J connectivity index is 1.27. The molecule has 2 unspecified atom stereocenters. The fourth-order valence-electron chi connectivity index (χ4n) is 7.39. The Hall–Kier alpha value is -5.71. The van der Waals surface area contributed by atoms with E-state index < -0.39 is 5.92 Å². The number of likely N-dealkylation sites (tertiary alicyclic amines) is 1. The smallest absolute Gasteiger partial charge is 0.251 e. The molecule has 246 valence electrons. The SMILES string of the molecule is CC(C)C1CCCCN1C(=O)CN1C(=O)C(Cc2nn(-c3ncccn3)c3ccccc23)c2nnc(-c3ccccc3)n2-c2ccccc21. The van der Waals surface area contributed by atoms with Crippen LogP contribution in [-0.2, 0) is 16.0 Å². The topological polar surface area (TPSA) is 115 Å². The van der Waals surface area contributed by atoms with Gasteiger partial charge < -0.3 is 9.80 Å². The summed E-state index contributed by atoms with van der Waals surface area (Å²) >= 11 is 0. The standard InChI is InChI=1S/C38H37N9O2/c1-25(2)30-16-10-11-22-44(30)34(48)24-45-32-18-8-9-19-33(32)46-35(26-13-4-3-5-14-26)41-42-36(46)28(37(45)49)23-29-27-15-6-7-17-31(27)47(43-29)38-39-20-12-21-40-38/h3-9,12-15,17-21,25,28,30H,10-11,16,22-24H2,1-2H3. The van der Waals surface area contributed by atoms with Crippen LogP contribution in [0.2, 0.25) is 0 Å². The molecule has 0 saturated carbocycles. The van der Waals surface area contributed by atoms with E-state index in [0.717, 1.165) is 41.4 Å². The van der Waals surface area contributed by atoms with Crippen LogP contribution < -0.4 is 4.90 Å². The van der Waals surface area contributed by atoms with Crippen LogP contribution in [0.25, 0.3) is 33.9 Å². The first-order chi connectivity index (χ1) is 24.0. The van der Waals surface area contributed by atoms with Crippen LogP contribution in [0.4, 0.5) is 5.69 Å². The third-order valence-electron chi connectivity index (χ3n) is 9.74. The van der Waals surface area contributed by atoms with Crippen molar-refractivity contribution >= 4 is 28.4 Å². The van der Waals surface area contributed by atoms with Crippen LogP contribution in [0.1, 0.15) is 50.5 Å². The quantitative estimate of drug-likeness (QED) is 0.215. The molecule has 49 heavy (non-hydrogen) atoms. The fraction of sp³-hybridized carbons (Fsp3) is 0.289. The summed E-state index contributed by atoms with van der Waals surface area (Å²) < 4.78 is 3.69. The lowest BCUT2D eigenvalue weighted by molar-refractivity contribution is -0.135. The van der Waals surface area contributed by atoms with E-state index in [4.69, 9.17) is 10.2 Å². The lowest BCUT2D eigenvalue weighted by Crippen LogP contribution is -2.51. The second kappa shape index (κ2) is 12.7. The number of nitrogens with zero attached hydrogens (tertiary/aromatic N) is 9. The highest BCUT2D eigenvalue weighted by molar-refractivity contribution is 6.05. The molecule has 3 aromatic heterocycles. The lowest BCUT2D eigenvalue weighted by Gasteiger charge is -2.39. The van der Waals surface area contributed by atoms with Gasteiger partial charge in [0.25, 0.3) is 5.95 Å². The maximum absolute atomic E-state index is 15.1. The van der Waals surface area contributed by atoms with Gasteiger partial charge in [-0.1, -0.05) is 74.5 Å². The van der Waals surface area contributed by atoms with Crippen molar-refractivity contribution in [2.24, 2.45) is 5.92 Å². The van der Waals surface area contributed by atoms with Crippen molar-refractivity contribution in [3.8, 4) is 23.0 Å². The molecule has 0 N–H and O–H groups in total. The second-order valence-corrected chi connectivity index (χ2v) is 13.1. The molecule has 2 atom stereocenters. The van der Waals surface area contributed by atoms with Gasteiger partial charge in [-0.05, 0) is 49.4 Å². The monoisotopic (exact) mass is 651 g/mol. The zero-order valence-corrected chi connectivity index (χ0v) is 27.6. The molecule has 0 spiro atoms. The number of anilines is 1. The minimum Gasteiger partial charge on any atom is -0.338 e. The van der Waals surface area contributed by atoms with Crippen LogP contribution in [0.15, 0.2) is 97.3 Å². The number of hydrogen-bond donors (Lipinski definition) is 0. The lowest BCUT2D eigenvalue weighted by atomic mass is 9.92. The van der Waals surface area contributed by atoms with E-state index >= 15 is 4.79 Å². The molecule has 0 radical (unpaired) electrons. The Kier molecular flexibility index (Phi) is 7.95. The zero-order chi connectivity index (χ0) is 33.5. The molecule has 8 rings (SSSR count). The molecule has 11 heteroatoms. The number of fused-ring (bicyclic) bond motifs is 4. The summed E-state index contributed by atoms with van der Waals surface area (Å²) in [6.45, 7) is 4.96. The Morgan fingerprint density at radius 2 is 1.59 bits per heavy atom. The second-order valence-electron chi connectivity index (χ2n) is 13.1. The van der Waals surface area contributed by atoms with Crippen molar-refractivity contribution in [3.63, 3.8) is 0 Å². The van der Waals surface area contributed by atoms with Crippen LogP contribution >= 0.6 is 0 Å². The first kappa shape index (κ1) is 30.6. The summed E-state index contributed by atoms with van der Waals surface area (Å²) in [5, 5.41) is 15.2. The molecule has 6 aromatic rings. The number of hydrogen-bond acceptors (Lipinski definition) is 7. The van der Waals surface area contributed by atoms with Gasteiger partial charge in [0.1, 0.15) is 12.5 Å². The normalized spacial score (nSPS) is 17.7. The van der Waals surface area contributed by atoms with Gasteiger partial charge >= 0.3 is 0 Å². The van der Waals surface area contributed by atoms with Crippen LogP contribution in [-0.4, -0.2) is 70.4 Å². The van der Waals surface area contributed by atoms with Gasteiger partial charge in [-0.15, -0.1) is 10.2 Å². The van der Waals surface area contributed by atoms with E-state index in [0.29, 0.717) is 41.4 Å². The molecular weight excluding hydrogens is 614 g/mol.